The smallest absolute Gasteiger partial charge is 0.318 e. The molecule has 0 saturated heterocycles. The Morgan fingerprint density at radius 3 is 2.73 bits per heavy atom. The highest BCUT2D eigenvalue weighted by Gasteiger charge is 2.07. The maximum absolute atomic E-state index is 6.70. The fraction of sp³-hybridized carbons (Fsp3) is 0.167. The van der Waals surface area contributed by atoms with Crippen LogP contribution in [0.25, 0.3) is 4.85 Å². The Labute approximate surface area is 68.8 Å². The van der Waals surface area contributed by atoms with Crippen LogP contribution in [0.2, 0.25) is 5.15 Å². The molecule has 0 saturated carbocycles. The van der Waals surface area contributed by atoms with Gasteiger partial charge in [0, 0.05) is 5.56 Å². The van der Waals surface area contributed by atoms with Crippen molar-refractivity contribution in [2.75, 3.05) is 5.73 Å². The zero-order valence-electron chi connectivity index (χ0n) is 5.80. The highest BCUT2D eigenvalue weighted by molar-refractivity contribution is 6.30. The zero-order valence-corrected chi connectivity index (χ0v) is 6.55. The minimum atomic E-state index is 0.0339. The first-order valence-corrected chi connectivity index (χ1v) is 3.20. The van der Waals surface area contributed by atoms with Crippen molar-refractivity contribution in [3.8, 4) is 0 Å². The summed E-state index contributed by atoms with van der Waals surface area (Å²) in [6.07, 6.45) is 0. The second-order valence-electron chi connectivity index (χ2n) is 1.93. The number of anilines is 1. The fourth-order valence-corrected chi connectivity index (χ4v) is 0.774. The maximum Gasteiger partial charge on any atom is 0.318 e. The fourth-order valence-electron chi connectivity index (χ4n) is 0.603. The summed E-state index contributed by atoms with van der Waals surface area (Å²) >= 11 is 5.62. The van der Waals surface area contributed by atoms with Gasteiger partial charge in [-0.1, -0.05) is 23.2 Å². The molecule has 1 heterocycles. The molecule has 56 valence electrons. The van der Waals surface area contributed by atoms with E-state index in [1.165, 1.54) is 0 Å². The van der Waals surface area contributed by atoms with Crippen molar-refractivity contribution in [3.05, 3.63) is 22.1 Å². The zero-order chi connectivity index (χ0) is 8.43. The summed E-state index contributed by atoms with van der Waals surface area (Å²) in [7, 11) is 0. The molecule has 0 aliphatic heterocycles. The number of hydrogen-bond acceptors (Lipinski definition) is 3. The van der Waals surface area contributed by atoms with Gasteiger partial charge in [-0.05, 0) is 6.92 Å². The number of nitrogen functional groups attached to an aromatic ring is 1. The van der Waals surface area contributed by atoms with Crippen molar-refractivity contribution in [1.82, 2.24) is 9.97 Å². The maximum atomic E-state index is 6.70. The van der Waals surface area contributed by atoms with E-state index in [9.17, 15) is 0 Å². The Morgan fingerprint density at radius 1 is 1.55 bits per heavy atom. The minimum absolute atomic E-state index is 0.0339. The summed E-state index contributed by atoms with van der Waals surface area (Å²) in [5.41, 5.74) is 5.82. The molecule has 0 aliphatic carbocycles. The molecule has 2 N–H and O–H groups in total. The monoisotopic (exact) mass is 168 g/mol. The average molecular weight is 169 g/mol. The van der Waals surface area contributed by atoms with Crippen LogP contribution < -0.4 is 5.73 Å². The van der Waals surface area contributed by atoms with Gasteiger partial charge in [-0.25, -0.2) is 0 Å². The van der Waals surface area contributed by atoms with Gasteiger partial charge in [0.15, 0.2) is 0 Å². The summed E-state index contributed by atoms with van der Waals surface area (Å²) in [5, 5.41) is 0.239. The lowest BCUT2D eigenvalue weighted by Crippen LogP contribution is -1.95. The molecule has 0 radical (unpaired) electrons. The quantitative estimate of drug-likeness (QED) is 0.473. The third-order valence-electron chi connectivity index (χ3n) is 1.18. The van der Waals surface area contributed by atoms with Gasteiger partial charge in [0.1, 0.15) is 5.15 Å². The molecule has 0 aromatic carbocycles. The van der Waals surface area contributed by atoms with Gasteiger partial charge in [-0.3, -0.25) is 0 Å². The van der Waals surface area contributed by atoms with Gasteiger partial charge in [0.25, 0.3) is 5.82 Å². The number of hydrogen-bond donors (Lipinski definition) is 1. The molecule has 0 fully saturated rings. The lowest BCUT2D eigenvalue weighted by molar-refractivity contribution is 1.16. The lowest BCUT2D eigenvalue weighted by Gasteiger charge is -1.97. The summed E-state index contributed by atoms with van der Waals surface area (Å²) in [5.74, 6) is 0.245. The Kier molecular flexibility index (Phi) is 1.92. The Balaban J connectivity index is 3.39. The van der Waals surface area contributed by atoms with Crippen LogP contribution in [0.1, 0.15) is 5.56 Å². The van der Waals surface area contributed by atoms with Crippen LogP contribution in [0.4, 0.5) is 11.8 Å². The molecule has 5 heteroatoms. The van der Waals surface area contributed by atoms with Crippen molar-refractivity contribution < 1.29 is 0 Å². The van der Waals surface area contributed by atoms with E-state index in [2.05, 4.69) is 14.8 Å². The Hall–Kier alpha value is -1.34. The first-order valence-electron chi connectivity index (χ1n) is 2.82. The number of halogens is 1. The highest BCUT2D eigenvalue weighted by Crippen LogP contribution is 2.22. The van der Waals surface area contributed by atoms with E-state index in [4.69, 9.17) is 23.9 Å². The molecule has 1 rings (SSSR count). The average Bonchev–Trinajstić information content (AvgIpc) is 1.96. The summed E-state index contributed by atoms with van der Waals surface area (Å²) in [4.78, 5) is 10.5. The minimum Gasteiger partial charge on any atom is -0.360 e. The molecule has 0 bridgehead atoms. The summed E-state index contributed by atoms with van der Waals surface area (Å²) in [6, 6.07) is 0. The van der Waals surface area contributed by atoms with E-state index in [0.29, 0.717) is 5.56 Å². The van der Waals surface area contributed by atoms with Crippen molar-refractivity contribution in [2.45, 2.75) is 6.92 Å². The molecule has 0 unspecified atom stereocenters. The van der Waals surface area contributed by atoms with E-state index in [1.54, 1.807) is 6.92 Å². The summed E-state index contributed by atoms with van der Waals surface area (Å²) in [6.45, 7) is 8.37. The molecule has 0 amide bonds. The van der Waals surface area contributed by atoms with Gasteiger partial charge in [-0.15, -0.1) is 0 Å². The first-order chi connectivity index (χ1) is 5.15. The van der Waals surface area contributed by atoms with Gasteiger partial charge < -0.3 is 10.6 Å². The van der Waals surface area contributed by atoms with Crippen LogP contribution >= 0.6 is 11.6 Å². The van der Waals surface area contributed by atoms with Gasteiger partial charge in [-0.2, -0.15) is 4.98 Å². The first kappa shape index (κ1) is 7.76. The molecular weight excluding hydrogens is 164 g/mol. The predicted molar refractivity (Wildman–Crippen MR) is 42.5 cm³/mol. The largest absolute Gasteiger partial charge is 0.360 e. The van der Waals surface area contributed by atoms with Crippen LogP contribution in [-0.4, -0.2) is 9.97 Å². The van der Waals surface area contributed by atoms with E-state index in [0.717, 1.165) is 0 Å². The third kappa shape index (κ3) is 1.38. The van der Waals surface area contributed by atoms with E-state index < -0.39 is 0 Å². The molecule has 0 spiro atoms. The van der Waals surface area contributed by atoms with Crippen LogP contribution in [0.5, 0.6) is 0 Å². The third-order valence-corrected chi connectivity index (χ3v) is 1.55. The SMILES string of the molecule is [C-]#[N+]c1nc(N)nc(Cl)c1C. The second kappa shape index (κ2) is 2.72. The molecule has 0 aliphatic rings. The van der Waals surface area contributed by atoms with Gasteiger partial charge in [0.05, 0.1) is 0 Å². The normalized spacial score (nSPS) is 9.18. The number of nitrogens with two attached hydrogens (primary N) is 1. The molecule has 0 atom stereocenters. The van der Waals surface area contributed by atoms with Crippen molar-refractivity contribution in [1.29, 1.82) is 0 Å². The number of rotatable bonds is 0. The van der Waals surface area contributed by atoms with Crippen LogP contribution in [0.3, 0.4) is 0 Å². The highest BCUT2D eigenvalue weighted by atomic mass is 35.5. The van der Waals surface area contributed by atoms with Gasteiger partial charge >= 0.3 is 5.95 Å². The van der Waals surface area contributed by atoms with Crippen LogP contribution in [0.15, 0.2) is 0 Å². The predicted octanol–water partition coefficient (Wildman–Crippen LogP) is 1.57. The van der Waals surface area contributed by atoms with Crippen LogP contribution in [0, 0.1) is 13.5 Å². The lowest BCUT2D eigenvalue weighted by atomic mass is 10.3. The van der Waals surface area contributed by atoms with Crippen molar-refractivity contribution in [3.63, 3.8) is 0 Å². The van der Waals surface area contributed by atoms with Gasteiger partial charge in [0.2, 0.25) is 0 Å². The number of aromatic nitrogens is 2. The molecule has 11 heavy (non-hydrogen) atoms. The van der Waals surface area contributed by atoms with E-state index in [-0.39, 0.29) is 16.9 Å². The summed E-state index contributed by atoms with van der Waals surface area (Å²) < 4.78 is 0. The van der Waals surface area contributed by atoms with Crippen LogP contribution in [-0.2, 0) is 0 Å². The topological polar surface area (TPSA) is 56.2 Å². The standard InChI is InChI=1S/C6H5ClN4/c1-3-4(7)10-6(8)11-5(3)9-2/h1H3,(H2,8,10,11). The number of nitrogens with zero attached hydrogens (tertiary/aromatic N) is 3. The Morgan fingerprint density at radius 2 is 2.18 bits per heavy atom. The molecule has 4 nitrogen and oxygen atoms in total. The molecular formula is C6H5ClN4. The second-order valence-corrected chi connectivity index (χ2v) is 2.29. The Bertz CT molecular complexity index is 328. The van der Waals surface area contributed by atoms with Crippen molar-refractivity contribution >= 4 is 23.4 Å². The van der Waals surface area contributed by atoms with E-state index in [1.807, 2.05) is 0 Å². The molecule has 1 aromatic rings. The van der Waals surface area contributed by atoms with Crippen molar-refractivity contribution in [2.24, 2.45) is 0 Å². The van der Waals surface area contributed by atoms with E-state index >= 15 is 0 Å². The molecule has 1 aromatic heterocycles.